The Hall–Kier alpha value is -0.810. The third kappa shape index (κ3) is 3.36. The van der Waals surface area contributed by atoms with E-state index in [0.29, 0.717) is 0 Å². The predicted molar refractivity (Wildman–Crippen MR) is 77.5 cm³/mol. The van der Waals surface area contributed by atoms with E-state index in [-0.39, 0.29) is 4.75 Å². The maximum Gasteiger partial charge on any atom is 0.147 e. The number of thioether (sulfide) groups is 1. The summed E-state index contributed by atoms with van der Waals surface area (Å²) >= 11 is 1.86. The molecule has 2 rings (SSSR count). The van der Waals surface area contributed by atoms with Gasteiger partial charge in [0.15, 0.2) is 0 Å². The second kappa shape index (κ2) is 5.45. The summed E-state index contributed by atoms with van der Waals surface area (Å²) in [5, 5.41) is 0. The van der Waals surface area contributed by atoms with Crippen LogP contribution in [0.4, 0.5) is 5.82 Å². The van der Waals surface area contributed by atoms with Gasteiger partial charge in [-0.1, -0.05) is 20.8 Å². The van der Waals surface area contributed by atoms with Gasteiger partial charge in [-0.25, -0.2) is 15.8 Å². The molecule has 4 nitrogen and oxygen atoms in total. The highest BCUT2D eigenvalue weighted by Gasteiger charge is 2.18. The molecule has 5 heteroatoms. The van der Waals surface area contributed by atoms with Crippen LogP contribution in [0.3, 0.4) is 0 Å². The number of aromatic nitrogens is 2. The highest BCUT2D eigenvalue weighted by molar-refractivity contribution is 7.99. The summed E-state index contributed by atoms with van der Waals surface area (Å²) in [6.07, 6.45) is 4.53. The molecule has 0 amide bonds. The molecule has 1 aliphatic rings. The van der Waals surface area contributed by atoms with Gasteiger partial charge in [-0.05, 0) is 25.7 Å². The van der Waals surface area contributed by atoms with Gasteiger partial charge in [0.25, 0.3) is 0 Å². The van der Waals surface area contributed by atoms with Crippen LogP contribution in [0.5, 0.6) is 0 Å². The number of rotatable bonds is 3. The number of nitrogens with zero attached hydrogens (tertiary/aromatic N) is 2. The molecule has 0 spiro atoms. The van der Waals surface area contributed by atoms with Crippen LogP contribution in [0.25, 0.3) is 0 Å². The van der Waals surface area contributed by atoms with Gasteiger partial charge in [-0.15, -0.1) is 11.8 Å². The third-order valence-corrected chi connectivity index (χ3v) is 4.27. The molecule has 0 bridgehead atoms. The molecule has 0 aromatic carbocycles. The van der Waals surface area contributed by atoms with E-state index < -0.39 is 0 Å². The van der Waals surface area contributed by atoms with E-state index in [1.807, 2.05) is 11.8 Å². The van der Waals surface area contributed by atoms with Gasteiger partial charge >= 0.3 is 0 Å². The smallest absolute Gasteiger partial charge is 0.147 e. The lowest BCUT2D eigenvalue weighted by atomic mass is 9.96. The molecule has 1 aliphatic carbocycles. The number of hydrogen-bond acceptors (Lipinski definition) is 5. The molecular formula is C13H22N4S. The number of anilines is 1. The van der Waals surface area contributed by atoms with Crippen molar-refractivity contribution in [2.75, 3.05) is 5.43 Å². The van der Waals surface area contributed by atoms with Crippen molar-refractivity contribution >= 4 is 17.6 Å². The minimum absolute atomic E-state index is 0.232. The van der Waals surface area contributed by atoms with Crippen molar-refractivity contribution in [3.8, 4) is 0 Å². The summed E-state index contributed by atoms with van der Waals surface area (Å²) < 4.78 is 0.232. The van der Waals surface area contributed by atoms with Crippen LogP contribution in [0, 0.1) is 0 Å². The Bertz CT molecular complexity index is 408. The van der Waals surface area contributed by atoms with E-state index in [0.717, 1.165) is 30.2 Å². The number of nitrogens with one attached hydrogen (secondary N) is 1. The fourth-order valence-electron chi connectivity index (χ4n) is 2.11. The number of hydrogen-bond donors (Lipinski definition) is 2. The van der Waals surface area contributed by atoms with Crippen molar-refractivity contribution in [2.45, 2.75) is 57.0 Å². The Labute approximate surface area is 113 Å². The van der Waals surface area contributed by atoms with Crippen molar-refractivity contribution in [1.82, 2.24) is 9.97 Å². The van der Waals surface area contributed by atoms with E-state index in [4.69, 9.17) is 10.8 Å². The number of aryl methyl sites for hydroxylation is 1. The van der Waals surface area contributed by atoms with Gasteiger partial charge in [0.2, 0.25) is 0 Å². The fourth-order valence-corrected chi connectivity index (χ4v) is 2.80. The molecule has 3 N–H and O–H groups in total. The normalized spacial score (nSPS) is 15.3. The summed E-state index contributed by atoms with van der Waals surface area (Å²) in [7, 11) is 0. The number of nitrogens with two attached hydrogens (primary N) is 1. The maximum absolute atomic E-state index is 5.58. The van der Waals surface area contributed by atoms with Crippen LogP contribution in [0.1, 0.15) is 50.7 Å². The van der Waals surface area contributed by atoms with Crippen molar-refractivity contribution in [3.63, 3.8) is 0 Å². The molecule has 1 heterocycles. The van der Waals surface area contributed by atoms with Gasteiger partial charge in [0.1, 0.15) is 11.6 Å². The average molecular weight is 266 g/mol. The van der Waals surface area contributed by atoms with Crippen molar-refractivity contribution in [3.05, 3.63) is 17.1 Å². The van der Waals surface area contributed by atoms with Gasteiger partial charge in [-0.3, -0.25) is 0 Å². The summed E-state index contributed by atoms with van der Waals surface area (Å²) in [4.78, 5) is 9.24. The number of fused-ring (bicyclic) bond motifs is 1. The van der Waals surface area contributed by atoms with E-state index >= 15 is 0 Å². The van der Waals surface area contributed by atoms with E-state index in [1.165, 1.54) is 24.1 Å². The summed E-state index contributed by atoms with van der Waals surface area (Å²) in [6.45, 7) is 6.62. The van der Waals surface area contributed by atoms with Crippen molar-refractivity contribution in [2.24, 2.45) is 5.84 Å². The van der Waals surface area contributed by atoms with Crippen LogP contribution in [-0.4, -0.2) is 14.7 Å². The molecule has 0 aliphatic heterocycles. The standard InChI is InChI=1S/C13H22N4S/c1-13(2,3)18-8-11-15-10-7-5-4-6-9(10)12(16-11)17-14/h4-8,14H2,1-3H3,(H,15,16,17). The minimum Gasteiger partial charge on any atom is -0.308 e. The van der Waals surface area contributed by atoms with Gasteiger partial charge < -0.3 is 5.43 Å². The monoisotopic (exact) mass is 266 g/mol. The first kappa shape index (κ1) is 13.6. The molecule has 0 atom stereocenters. The highest BCUT2D eigenvalue weighted by atomic mass is 32.2. The van der Waals surface area contributed by atoms with Crippen LogP contribution in [-0.2, 0) is 18.6 Å². The first-order valence-corrected chi connectivity index (χ1v) is 7.47. The molecule has 100 valence electrons. The lowest BCUT2D eigenvalue weighted by Gasteiger charge is -2.20. The van der Waals surface area contributed by atoms with Crippen LogP contribution < -0.4 is 11.3 Å². The second-order valence-corrected chi connectivity index (χ2v) is 7.47. The zero-order valence-electron chi connectivity index (χ0n) is 11.4. The third-order valence-electron chi connectivity index (χ3n) is 3.00. The number of hydrazine groups is 1. The molecule has 1 aromatic heterocycles. The highest BCUT2D eigenvalue weighted by Crippen LogP contribution is 2.29. The van der Waals surface area contributed by atoms with Gasteiger partial charge in [-0.2, -0.15) is 0 Å². The Morgan fingerprint density at radius 1 is 1.22 bits per heavy atom. The summed E-state index contributed by atoms with van der Waals surface area (Å²) in [5.74, 6) is 8.13. The molecule has 0 saturated heterocycles. The molecular weight excluding hydrogens is 244 g/mol. The Kier molecular flexibility index (Phi) is 4.12. The molecule has 0 fully saturated rings. The predicted octanol–water partition coefficient (Wildman–Crippen LogP) is 2.67. The second-order valence-electron chi connectivity index (χ2n) is 5.67. The first-order chi connectivity index (χ1) is 8.49. The Morgan fingerprint density at radius 3 is 2.61 bits per heavy atom. The van der Waals surface area contributed by atoms with E-state index in [1.54, 1.807) is 0 Å². The average Bonchev–Trinajstić information content (AvgIpc) is 2.34. The number of nitrogen functional groups attached to an aromatic ring is 1. The first-order valence-electron chi connectivity index (χ1n) is 6.49. The largest absolute Gasteiger partial charge is 0.308 e. The minimum atomic E-state index is 0.232. The quantitative estimate of drug-likeness (QED) is 0.650. The molecule has 0 unspecified atom stereocenters. The maximum atomic E-state index is 5.58. The molecule has 18 heavy (non-hydrogen) atoms. The SMILES string of the molecule is CC(C)(C)SCc1nc2c(c(NN)n1)CCCC2. The zero-order valence-corrected chi connectivity index (χ0v) is 12.2. The van der Waals surface area contributed by atoms with E-state index in [9.17, 15) is 0 Å². The lowest BCUT2D eigenvalue weighted by molar-refractivity contribution is 0.658. The van der Waals surface area contributed by atoms with Crippen LogP contribution in [0.15, 0.2) is 0 Å². The van der Waals surface area contributed by atoms with Crippen molar-refractivity contribution < 1.29 is 0 Å². The van der Waals surface area contributed by atoms with E-state index in [2.05, 4.69) is 31.2 Å². The molecule has 0 radical (unpaired) electrons. The van der Waals surface area contributed by atoms with Gasteiger partial charge in [0.05, 0.1) is 5.75 Å². The summed E-state index contributed by atoms with van der Waals surface area (Å²) in [5.41, 5.74) is 5.14. The van der Waals surface area contributed by atoms with Gasteiger partial charge in [0, 0.05) is 16.0 Å². The zero-order chi connectivity index (χ0) is 13.2. The topological polar surface area (TPSA) is 63.8 Å². The fraction of sp³-hybridized carbons (Fsp3) is 0.692. The molecule has 0 saturated carbocycles. The summed E-state index contributed by atoms with van der Waals surface area (Å²) in [6, 6.07) is 0. The lowest BCUT2D eigenvalue weighted by Crippen LogP contribution is -2.18. The Morgan fingerprint density at radius 2 is 1.94 bits per heavy atom. The van der Waals surface area contributed by atoms with Crippen LogP contribution in [0.2, 0.25) is 0 Å². The molecule has 1 aromatic rings. The van der Waals surface area contributed by atoms with Crippen LogP contribution >= 0.6 is 11.8 Å². The Balaban J connectivity index is 2.21. The van der Waals surface area contributed by atoms with Crippen molar-refractivity contribution in [1.29, 1.82) is 0 Å².